The van der Waals surface area contributed by atoms with Gasteiger partial charge in [0.15, 0.2) is 5.82 Å². The largest absolute Gasteiger partial charge is 0.573 e. The predicted octanol–water partition coefficient (Wildman–Crippen LogP) is 3.92. The van der Waals surface area contributed by atoms with E-state index < -0.39 is 12.1 Å². The van der Waals surface area contributed by atoms with Crippen molar-refractivity contribution < 1.29 is 22.7 Å². The van der Waals surface area contributed by atoms with Crippen LogP contribution in [0.15, 0.2) is 36.4 Å². The number of rotatable bonds is 3. The van der Waals surface area contributed by atoms with Gasteiger partial charge in [0.1, 0.15) is 5.75 Å². The molecule has 3 aromatic rings. The molecule has 0 saturated carbocycles. The maximum Gasteiger partial charge on any atom is 0.573 e. The summed E-state index contributed by atoms with van der Waals surface area (Å²) in [5.74, 6) is 1.78. The van der Waals surface area contributed by atoms with E-state index in [1.54, 1.807) is 18.2 Å². The van der Waals surface area contributed by atoms with Gasteiger partial charge in [-0.25, -0.2) is 4.98 Å². The lowest BCUT2D eigenvalue weighted by atomic mass is 10.2. The van der Waals surface area contributed by atoms with Crippen LogP contribution in [0.4, 0.5) is 13.2 Å². The van der Waals surface area contributed by atoms with E-state index in [9.17, 15) is 18.0 Å². The maximum absolute atomic E-state index is 12.4. The van der Waals surface area contributed by atoms with E-state index in [0.29, 0.717) is 22.3 Å². The molecule has 0 spiro atoms. The number of nitrogens with zero attached hydrogens (tertiary/aromatic N) is 2. The number of hydrogen-bond acceptors (Lipinski definition) is 3. The van der Waals surface area contributed by atoms with Crippen LogP contribution in [0.5, 0.6) is 5.75 Å². The molecule has 0 radical (unpaired) electrons. The molecule has 3 rings (SSSR count). The molecule has 1 heterocycles. The number of fused-ring (bicyclic) bond motifs is 1. The number of hydrogen-bond donors (Lipinski definition) is 1. The molecule has 2 aromatic carbocycles. The molecular formula is C18H11ClF3N3O2. The van der Waals surface area contributed by atoms with Crippen LogP contribution in [-0.4, -0.2) is 28.9 Å². The van der Waals surface area contributed by atoms with E-state index in [-0.39, 0.29) is 16.8 Å². The average Bonchev–Trinajstić information content (AvgIpc) is 2.99. The topological polar surface area (TPSA) is 56.2 Å². The Morgan fingerprint density at radius 3 is 2.63 bits per heavy atom. The van der Waals surface area contributed by atoms with Crippen LogP contribution in [0, 0.1) is 12.3 Å². The maximum atomic E-state index is 12.4. The van der Waals surface area contributed by atoms with Crippen molar-refractivity contribution in [2.45, 2.75) is 6.36 Å². The van der Waals surface area contributed by atoms with Gasteiger partial charge in [0.2, 0.25) is 0 Å². The summed E-state index contributed by atoms with van der Waals surface area (Å²) >= 11 is 5.93. The first-order valence-electron chi connectivity index (χ1n) is 7.50. The lowest BCUT2D eigenvalue weighted by molar-refractivity contribution is -0.274. The monoisotopic (exact) mass is 393 g/mol. The van der Waals surface area contributed by atoms with Crippen molar-refractivity contribution >= 4 is 28.5 Å². The Morgan fingerprint density at radius 1 is 1.30 bits per heavy atom. The van der Waals surface area contributed by atoms with Crippen LogP contribution in [0.25, 0.3) is 16.7 Å². The van der Waals surface area contributed by atoms with E-state index >= 15 is 0 Å². The Bertz CT molecular complexity index is 1080. The zero-order valence-corrected chi connectivity index (χ0v) is 14.5. The molecule has 0 atom stereocenters. The van der Waals surface area contributed by atoms with Gasteiger partial charge < -0.3 is 10.1 Å². The summed E-state index contributed by atoms with van der Waals surface area (Å²) in [6.45, 7) is 0. The summed E-state index contributed by atoms with van der Waals surface area (Å²) in [6, 6.07) is 8.51. The van der Waals surface area contributed by atoms with Crippen molar-refractivity contribution in [2.24, 2.45) is 0 Å². The molecule has 0 aliphatic carbocycles. The lowest BCUT2D eigenvalue weighted by Gasteiger charge is -2.13. The van der Waals surface area contributed by atoms with Gasteiger partial charge >= 0.3 is 6.36 Å². The van der Waals surface area contributed by atoms with Crippen LogP contribution in [0.1, 0.15) is 16.2 Å². The number of terminal acetylenes is 1. The summed E-state index contributed by atoms with van der Waals surface area (Å²) in [5.41, 5.74) is 1.77. The number of aromatic nitrogens is 2. The van der Waals surface area contributed by atoms with Crippen molar-refractivity contribution in [3.63, 3.8) is 0 Å². The third-order valence-electron chi connectivity index (χ3n) is 3.67. The SMILES string of the molecule is C#Cc1nc2ccc(C(=O)NC)cc2n1-c1ccc(OC(F)(F)F)c(Cl)c1. The number of imidazole rings is 1. The van der Waals surface area contributed by atoms with Crippen LogP contribution in [-0.2, 0) is 0 Å². The second-order valence-electron chi connectivity index (χ2n) is 5.36. The van der Waals surface area contributed by atoms with Gasteiger partial charge in [-0.15, -0.1) is 19.6 Å². The van der Waals surface area contributed by atoms with E-state index in [2.05, 4.69) is 21.0 Å². The standard InChI is InChI=1S/C18H11ClF3N3O2/c1-3-16-24-13-6-4-10(17(26)23-2)8-14(13)25(16)11-5-7-15(12(19)9-11)27-18(20,21)22/h1,4-9H,2H3,(H,23,26). The fraction of sp³-hybridized carbons (Fsp3) is 0.111. The average molecular weight is 394 g/mol. The fourth-order valence-electron chi connectivity index (χ4n) is 2.56. The molecular weight excluding hydrogens is 383 g/mol. The van der Waals surface area contributed by atoms with Gasteiger partial charge in [-0.3, -0.25) is 9.36 Å². The summed E-state index contributed by atoms with van der Waals surface area (Å²) < 4.78 is 42.6. The highest BCUT2D eigenvalue weighted by Crippen LogP contribution is 2.33. The first-order valence-corrected chi connectivity index (χ1v) is 7.88. The Hall–Kier alpha value is -3.18. The first-order chi connectivity index (χ1) is 12.7. The third kappa shape index (κ3) is 3.68. The molecule has 0 aliphatic heterocycles. The van der Waals surface area contributed by atoms with E-state index in [1.807, 2.05) is 0 Å². The minimum Gasteiger partial charge on any atom is -0.404 e. The molecule has 5 nitrogen and oxygen atoms in total. The van der Waals surface area contributed by atoms with E-state index in [0.717, 1.165) is 6.07 Å². The second kappa shape index (κ2) is 6.85. The number of halogens is 4. The number of carbonyl (C=O) groups is 1. The Kier molecular flexibility index (Phi) is 4.72. The van der Waals surface area contributed by atoms with Crippen LogP contribution >= 0.6 is 11.6 Å². The number of ether oxygens (including phenoxy) is 1. The third-order valence-corrected chi connectivity index (χ3v) is 3.97. The number of amides is 1. The fourth-order valence-corrected chi connectivity index (χ4v) is 2.77. The number of alkyl halides is 3. The highest BCUT2D eigenvalue weighted by molar-refractivity contribution is 6.32. The van der Waals surface area contributed by atoms with Crippen molar-refractivity contribution in [1.29, 1.82) is 0 Å². The Morgan fingerprint density at radius 2 is 2.04 bits per heavy atom. The van der Waals surface area contributed by atoms with Gasteiger partial charge in [0.05, 0.1) is 21.7 Å². The van der Waals surface area contributed by atoms with Gasteiger partial charge in [-0.05, 0) is 42.3 Å². The van der Waals surface area contributed by atoms with Crippen molar-refractivity contribution in [2.75, 3.05) is 7.05 Å². The zero-order valence-electron chi connectivity index (χ0n) is 13.8. The summed E-state index contributed by atoms with van der Waals surface area (Å²) in [7, 11) is 1.50. The first kappa shape index (κ1) is 18.6. The van der Waals surface area contributed by atoms with Crippen LogP contribution < -0.4 is 10.1 Å². The minimum absolute atomic E-state index is 0.208. The summed E-state index contributed by atoms with van der Waals surface area (Å²) in [6.07, 6.45) is 0.646. The van der Waals surface area contributed by atoms with Crippen LogP contribution in [0.3, 0.4) is 0 Å². The molecule has 0 aliphatic rings. The van der Waals surface area contributed by atoms with E-state index in [4.69, 9.17) is 18.0 Å². The number of nitrogens with one attached hydrogen (secondary N) is 1. The number of benzene rings is 2. The highest BCUT2D eigenvalue weighted by Gasteiger charge is 2.32. The zero-order chi connectivity index (χ0) is 19.8. The molecule has 1 amide bonds. The van der Waals surface area contributed by atoms with Gasteiger partial charge in [0, 0.05) is 12.6 Å². The van der Waals surface area contributed by atoms with Gasteiger partial charge in [0.25, 0.3) is 5.91 Å². The van der Waals surface area contributed by atoms with Crippen molar-refractivity contribution in [1.82, 2.24) is 14.9 Å². The lowest BCUT2D eigenvalue weighted by Crippen LogP contribution is -2.17. The molecule has 1 aromatic heterocycles. The molecule has 138 valence electrons. The smallest absolute Gasteiger partial charge is 0.404 e. The summed E-state index contributed by atoms with van der Waals surface area (Å²) in [4.78, 5) is 16.2. The quantitative estimate of drug-likeness (QED) is 0.686. The summed E-state index contributed by atoms with van der Waals surface area (Å²) in [5, 5.41) is 2.26. The predicted molar refractivity (Wildman–Crippen MR) is 94.1 cm³/mol. The second-order valence-corrected chi connectivity index (χ2v) is 5.77. The normalized spacial score (nSPS) is 11.3. The Labute approximate surface area is 156 Å². The highest BCUT2D eigenvalue weighted by atomic mass is 35.5. The molecule has 1 N–H and O–H groups in total. The molecule has 0 saturated heterocycles. The van der Waals surface area contributed by atoms with Crippen LogP contribution in [0.2, 0.25) is 5.02 Å². The van der Waals surface area contributed by atoms with Crippen molar-refractivity contribution in [3.05, 3.63) is 52.8 Å². The number of carbonyl (C=O) groups excluding carboxylic acids is 1. The van der Waals surface area contributed by atoms with Gasteiger partial charge in [-0.2, -0.15) is 0 Å². The molecule has 0 fully saturated rings. The molecule has 0 bridgehead atoms. The Balaban J connectivity index is 2.17. The molecule has 0 unspecified atom stereocenters. The van der Waals surface area contributed by atoms with E-state index in [1.165, 1.54) is 23.7 Å². The minimum atomic E-state index is -4.86. The van der Waals surface area contributed by atoms with Crippen molar-refractivity contribution in [3.8, 4) is 23.8 Å². The molecule has 27 heavy (non-hydrogen) atoms. The van der Waals surface area contributed by atoms with Gasteiger partial charge in [-0.1, -0.05) is 11.6 Å². The molecule has 9 heteroatoms.